The monoisotopic (exact) mass is 287 g/mol. The average Bonchev–Trinajstić information content (AvgIpc) is 2.87. The van der Waals surface area contributed by atoms with Crippen molar-refractivity contribution < 1.29 is 24.6 Å². The van der Waals surface area contributed by atoms with Gasteiger partial charge >= 0.3 is 12.0 Å². The smallest absolute Gasteiger partial charge is 0.326 e. The number of hydrogen-bond acceptors (Lipinski definition) is 4. The molecule has 0 heterocycles. The average molecular weight is 287 g/mol. The first-order chi connectivity index (χ1) is 9.45. The molecule has 0 aromatic rings. The van der Waals surface area contributed by atoms with Crippen molar-refractivity contribution in [1.29, 1.82) is 0 Å². The summed E-state index contributed by atoms with van der Waals surface area (Å²) in [5.41, 5.74) is 4.96. The van der Waals surface area contributed by atoms with Gasteiger partial charge in [-0.3, -0.25) is 4.79 Å². The molecule has 0 spiro atoms. The van der Waals surface area contributed by atoms with Gasteiger partial charge in [0.2, 0.25) is 5.91 Å². The van der Waals surface area contributed by atoms with Crippen LogP contribution in [0.5, 0.6) is 0 Å². The topological polar surface area (TPSA) is 133 Å². The van der Waals surface area contributed by atoms with Crippen LogP contribution in [-0.2, 0) is 9.59 Å². The number of aliphatic carboxylic acids is 1. The lowest BCUT2D eigenvalue weighted by Crippen LogP contribution is -2.52. The van der Waals surface area contributed by atoms with Crippen LogP contribution in [0.15, 0.2) is 0 Å². The number of primary amides is 1. The summed E-state index contributed by atoms with van der Waals surface area (Å²) in [4.78, 5) is 35.3. The number of nitrogens with two attached hydrogens (primary N) is 1. The molecule has 0 aromatic carbocycles. The molecule has 0 saturated heterocycles. The van der Waals surface area contributed by atoms with E-state index < -0.39 is 30.4 Å². The molecule has 20 heavy (non-hydrogen) atoms. The summed E-state index contributed by atoms with van der Waals surface area (Å²) in [7, 11) is 0. The molecule has 0 aliphatic heterocycles. The van der Waals surface area contributed by atoms with Crippen LogP contribution in [0.3, 0.4) is 0 Å². The zero-order chi connectivity index (χ0) is 15.1. The van der Waals surface area contributed by atoms with E-state index in [0.717, 1.165) is 25.7 Å². The molecular formula is C12H21N3O5. The van der Waals surface area contributed by atoms with Gasteiger partial charge in [-0.2, -0.15) is 0 Å². The molecule has 0 aromatic heterocycles. The summed E-state index contributed by atoms with van der Waals surface area (Å²) in [5, 5.41) is 20.3. The molecule has 1 atom stereocenters. The zero-order valence-corrected chi connectivity index (χ0v) is 11.2. The Morgan fingerprint density at radius 1 is 1.30 bits per heavy atom. The van der Waals surface area contributed by atoms with Gasteiger partial charge in [-0.1, -0.05) is 12.8 Å². The minimum Gasteiger partial charge on any atom is -0.480 e. The maximum Gasteiger partial charge on any atom is 0.326 e. The van der Waals surface area contributed by atoms with E-state index in [9.17, 15) is 14.4 Å². The minimum atomic E-state index is -1.34. The number of rotatable bonds is 7. The van der Waals surface area contributed by atoms with E-state index in [-0.39, 0.29) is 19.2 Å². The number of carbonyl (C=O) groups is 3. The van der Waals surface area contributed by atoms with E-state index in [2.05, 4.69) is 5.32 Å². The standard InChI is InChI=1S/C12H21N3O5/c13-10(17)7-9(11(18)19)14-12(20)15(5-6-16)8-3-1-2-4-8/h8-9,16H,1-7H2,(H2,13,17)(H,14,20)(H,18,19)/t9-/m1/s1. The number of amides is 3. The fourth-order valence-electron chi connectivity index (χ4n) is 2.41. The zero-order valence-electron chi connectivity index (χ0n) is 11.2. The van der Waals surface area contributed by atoms with Crippen molar-refractivity contribution in [3.05, 3.63) is 0 Å². The molecule has 0 unspecified atom stereocenters. The van der Waals surface area contributed by atoms with Gasteiger partial charge in [-0.15, -0.1) is 0 Å². The molecule has 0 bridgehead atoms. The summed E-state index contributed by atoms with van der Waals surface area (Å²) in [6, 6.07) is -1.92. The molecule has 114 valence electrons. The predicted molar refractivity (Wildman–Crippen MR) is 69.8 cm³/mol. The van der Waals surface area contributed by atoms with Crippen molar-refractivity contribution in [2.45, 2.75) is 44.2 Å². The second-order valence-corrected chi connectivity index (χ2v) is 4.87. The number of carboxylic acids is 1. The van der Waals surface area contributed by atoms with Gasteiger partial charge in [0.25, 0.3) is 0 Å². The van der Waals surface area contributed by atoms with Crippen LogP contribution in [0.2, 0.25) is 0 Å². The van der Waals surface area contributed by atoms with E-state index in [0.29, 0.717) is 0 Å². The number of nitrogens with zero attached hydrogens (tertiary/aromatic N) is 1. The van der Waals surface area contributed by atoms with Crippen molar-refractivity contribution in [3.8, 4) is 0 Å². The molecule has 5 N–H and O–H groups in total. The lowest BCUT2D eigenvalue weighted by atomic mass is 10.2. The van der Waals surface area contributed by atoms with Gasteiger partial charge in [0.15, 0.2) is 0 Å². The van der Waals surface area contributed by atoms with Gasteiger partial charge < -0.3 is 26.2 Å². The second-order valence-electron chi connectivity index (χ2n) is 4.87. The third-order valence-corrected chi connectivity index (χ3v) is 3.37. The normalized spacial score (nSPS) is 16.6. The molecule has 1 aliphatic carbocycles. The second kappa shape index (κ2) is 7.68. The fourth-order valence-corrected chi connectivity index (χ4v) is 2.41. The molecule has 8 nitrogen and oxygen atoms in total. The van der Waals surface area contributed by atoms with E-state index in [4.69, 9.17) is 15.9 Å². The van der Waals surface area contributed by atoms with E-state index in [1.165, 1.54) is 4.90 Å². The Kier molecular flexibility index (Phi) is 6.23. The van der Waals surface area contributed by atoms with Gasteiger partial charge in [-0.25, -0.2) is 9.59 Å². The largest absolute Gasteiger partial charge is 0.480 e. The Labute approximate surface area is 116 Å². The van der Waals surface area contributed by atoms with E-state index in [1.54, 1.807) is 0 Å². The molecule has 1 saturated carbocycles. The summed E-state index contributed by atoms with van der Waals surface area (Å²) in [6.07, 6.45) is 3.22. The molecule has 1 aliphatic rings. The number of nitrogens with one attached hydrogen (secondary N) is 1. The van der Waals surface area contributed by atoms with Crippen molar-refractivity contribution in [2.24, 2.45) is 5.73 Å². The highest BCUT2D eigenvalue weighted by Crippen LogP contribution is 2.23. The first-order valence-electron chi connectivity index (χ1n) is 6.64. The number of urea groups is 1. The van der Waals surface area contributed by atoms with Gasteiger partial charge in [0.05, 0.1) is 13.0 Å². The van der Waals surface area contributed by atoms with Crippen molar-refractivity contribution in [2.75, 3.05) is 13.2 Å². The van der Waals surface area contributed by atoms with Gasteiger partial charge in [0.1, 0.15) is 6.04 Å². The van der Waals surface area contributed by atoms with E-state index >= 15 is 0 Å². The maximum atomic E-state index is 12.1. The summed E-state index contributed by atoms with van der Waals surface area (Å²) < 4.78 is 0. The molecule has 1 fully saturated rings. The van der Waals surface area contributed by atoms with Crippen molar-refractivity contribution in [1.82, 2.24) is 10.2 Å². The van der Waals surface area contributed by atoms with Crippen LogP contribution in [0.4, 0.5) is 4.79 Å². The molecule has 3 amide bonds. The quantitative estimate of drug-likeness (QED) is 0.489. The molecule has 1 rings (SSSR count). The molecule has 8 heteroatoms. The van der Waals surface area contributed by atoms with Crippen molar-refractivity contribution >= 4 is 17.9 Å². The number of carbonyl (C=O) groups excluding carboxylic acids is 2. The number of hydrogen-bond donors (Lipinski definition) is 4. The first kappa shape index (κ1) is 16.2. The SMILES string of the molecule is NC(=O)C[C@@H](NC(=O)N(CCO)C1CCCC1)C(=O)O. The lowest BCUT2D eigenvalue weighted by Gasteiger charge is -2.29. The van der Waals surface area contributed by atoms with Crippen LogP contribution < -0.4 is 11.1 Å². The number of carboxylic acid groups (broad SMARTS) is 1. The van der Waals surface area contributed by atoms with E-state index in [1.807, 2.05) is 0 Å². The minimum absolute atomic E-state index is 0.00479. The predicted octanol–water partition coefficient (Wildman–Crippen LogP) is -0.738. The number of aliphatic hydroxyl groups is 1. The first-order valence-corrected chi connectivity index (χ1v) is 6.64. The molecule has 0 radical (unpaired) electrons. The lowest BCUT2D eigenvalue weighted by molar-refractivity contribution is -0.141. The third-order valence-electron chi connectivity index (χ3n) is 3.37. The van der Waals surface area contributed by atoms with Crippen LogP contribution in [0.25, 0.3) is 0 Å². The fraction of sp³-hybridized carbons (Fsp3) is 0.750. The highest BCUT2D eigenvalue weighted by Gasteiger charge is 2.29. The Hall–Kier alpha value is -1.83. The Morgan fingerprint density at radius 3 is 2.35 bits per heavy atom. The van der Waals surface area contributed by atoms with Gasteiger partial charge in [0, 0.05) is 12.6 Å². The van der Waals surface area contributed by atoms with Crippen LogP contribution in [0.1, 0.15) is 32.1 Å². The highest BCUT2D eigenvalue weighted by molar-refractivity contribution is 5.87. The van der Waals surface area contributed by atoms with Crippen molar-refractivity contribution in [3.63, 3.8) is 0 Å². The van der Waals surface area contributed by atoms with Crippen LogP contribution >= 0.6 is 0 Å². The van der Waals surface area contributed by atoms with Gasteiger partial charge in [-0.05, 0) is 12.8 Å². The van der Waals surface area contributed by atoms with Crippen LogP contribution in [-0.4, -0.2) is 58.3 Å². The molecular weight excluding hydrogens is 266 g/mol. The highest BCUT2D eigenvalue weighted by atomic mass is 16.4. The Morgan fingerprint density at radius 2 is 1.90 bits per heavy atom. The Bertz CT molecular complexity index is 368. The maximum absolute atomic E-state index is 12.1. The number of aliphatic hydroxyl groups excluding tert-OH is 1. The summed E-state index contributed by atoms with van der Waals surface area (Å²) >= 11 is 0. The van der Waals surface area contributed by atoms with Crippen LogP contribution in [0, 0.1) is 0 Å². The summed E-state index contributed by atoms with van der Waals surface area (Å²) in [6.45, 7) is -0.0586. The summed E-state index contributed by atoms with van der Waals surface area (Å²) in [5.74, 6) is -2.11. The third kappa shape index (κ3) is 4.69. The Balaban J connectivity index is 2.67.